The average molecular weight is 502 g/mol. The summed E-state index contributed by atoms with van der Waals surface area (Å²) >= 11 is 0. The highest BCUT2D eigenvalue weighted by Crippen LogP contribution is 2.40. The Hall–Kier alpha value is -3.96. The molecule has 3 heterocycles. The van der Waals surface area contributed by atoms with Gasteiger partial charge in [0, 0.05) is 19.8 Å². The van der Waals surface area contributed by atoms with E-state index in [1.807, 2.05) is 26.0 Å². The number of hydrogen-bond donors (Lipinski definition) is 0. The number of nitrogens with zero attached hydrogens (tertiary/aromatic N) is 6. The monoisotopic (exact) mass is 502 g/mol. The van der Waals surface area contributed by atoms with Gasteiger partial charge in [0.05, 0.1) is 36.1 Å². The number of urea groups is 1. The molecular weight excluding hydrogens is 477 g/mol. The van der Waals surface area contributed by atoms with E-state index in [2.05, 4.69) is 15.1 Å². The number of halogens is 3. The van der Waals surface area contributed by atoms with Crippen molar-refractivity contribution in [2.75, 3.05) is 25.0 Å². The molecule has 0 fully saturated rings. The Balaban J connectivity index is 1.74. The Morgan fingerprint density at radius 3 is 2.47 bits per heavy atom. The molecule has 36 heavy (non-hydrogen) atoms. The zero-order valence-corrected chi connectivity index (χ0v) is 20.0. The molecule has 1 aliphatic rings. The van der Waals surface area contributed by atoms with Crippen LogP contribution < -0.4 is 9.64 Å². The van der Waals surface area contributed by atoms with E-state index < -0.39 is 17.8 Å². The molecule has 1 unspecified atom stereocenters. The van der Waals surface area contributed by atoms with Crippen molar-refractivity contribution in [1.82, 2.24) is 19.4 Å². The molecular formula is C24H25F3N6O3. The maximum atomic E-state index is 13.0. The van der Waals surface area contributed by atoms with Crippen molar-refractivity contribution < 1.29 is 22.7 Å². The quantitative estimate of drug-likeness (QED) is 0.298. The van der Waals surface area contributed by atoms with E-state index in [1.165, 1.54) is 17.0 Å². The van der Waals surface area contributed by atoms with Gasteiger partial charge in [-0.25, -0.2) is 4.79 Å². The number of nitroso groups, excluding NO2 is 1. The lowest BCUT2D eigenvalue weighted by Crippen LogP contribution is -2.48. The van der Waals surface area contributed by atoms with Gasteiger partial charge in [-0.1, -0.05) is 11.2 Å². The van der Waals surface area contributed by atoms with Gasteiger partial charge in [-0.3, -0.25) is 14.5 Å². The molecule has 0 saturated carbocycles. The van der Waals surface area contributed by atoms with Crippen LogP contribution in [0.3, 0.4) is 0 Å². The van der Waals surface area contributed by atoms with E-state index in [-0.39, 0.29) is 30.9 Å². The first kappa shape index (κ1) is 25.1. The SMILES string of the molecule is Cc1ccc(Cn2c(Oc3ccc(C(F)(F)F)cc3)nc3c2C(C)N(CCCN=O)C(=O)N3C)nc1. The summed E-state index contributed by atoms with van der Waals surface area (Å²) in [5, 5.41) is 2.87. The topological polar surface area (TPSA) is 92.9 Å². The summed E-state index contributed by atoms with van der Waals surface area (Å²) in [6.07, 6.45) is -2.33. The van der Waals surface area contributed by atoms with E-state index in [0.29, 0.717) is 30.2 Å². The van der Waals surface area contributed by atoms with Crippen molar-refractivity contribution in [3.8, 4) is 11.8 Å². The summed E-state index contributed by atoms with van der Waals surface area (Å²) in [6, 6.07) is 7.50. The third-order valence-electron chi connectivity index (χ3n) is 6.00. The lowest BCUT2D eigenvalue weighted by atomic mass is 10.1. The molecule has 4 rings (SSSR count). The van der Waals surface area contributed by atoms with Gasteiger partial charge in [-0.05, 0) is 56.2 Å². The van der Waals surface area contributed by atoms with Crippen LogP contribution in [0.1, 0.15) is 41.9 Å². The Labute approximate surface area is 205 Å². The normalized spacial score (nSPS) is 15.7. The van der Waals surface area contributed by atoms with Crippen LogP contribution >= 0.6 is 0 Å². The van der Waals surface area contributed by atoms with Crippen molar-refractivity contribution in [1.29, 1.82) is 0 Å². The minimum atomic E-state index is -4.46. The highest BCUT2D eigenvalue weighted by atomic mass is 19.4. The predicted molar refractivity (Wildman–Crippen MR) is 126 cm³/mol. The van der Waals surface area contributed by atoms with Gasteiger partial charge in [0.25, 0.3) is 0 Å². The fraction of sp³-hybridized carbons (Fsp3) is 0.375. The number of alkyl halides is 3. The van der Waals surface area contributed by atoms with E-state index in [0.717, 1.165) is 17.7 Å². The molecule has 0 bridgehead atoms. The lowest BCUT2D eigenvalue weighted by Gasteiger charge is -2.38. The van der Waals surface area contributed by atoms with Gasteiger partial charge in [-0.2, -0.15) is 23.1 Å². The van der Waals surface area contributed by atoms with Crippen molar-refractivity contribution in [2.45, 2.75) is 39.0 Å². The summed E-state index contributed by atoms with van der Waals surface area (Å²) in [5.41, 5.74) is 1.59. The fourth-order valence-corrected chi connectivity index (χ4v) is 4.08. The first-order chi connectivity index (χ1) is 17.1. The number of carbonyl (C=O) groups is 1. The van der Waals surface area contributed by atoms with E-state index in [4.69, 9.17) is 4.74 Å². The summed E-state index contributed by atoms with van der Waals surface area (Å²) in [5.74, 6) is 0.547. The molecule has 2 amide bonds. The Morgan fingerprint density at radius 2 is 1.86 bits per heavy atom. The molecule has 0 N–H and O–H groups in total. The molecule has 0 aliphatic carbocycles. The van der Waals surface area contributed by atoms with Gasteiger partial charge < -0.3 is 9.64 Å². The molecule has 2 aromatic heterocycles. The number of benzene rings is 1. The largest absolute Gasteiger partial charge is 0.425 e. The molecule has 3 aromatic rings. The molecule has 190 valence electrons. The lowest BCUT2D eigenvalue weighted by molar-refractivity contribution is -0.137. The summed E-state index contributed by atoms with van der Waals surface area (Å²) in [6.45, 7) is 4.43. The highest BCUT2D eigenvalue weighted by Gasteiger charge is 2.39. The number of aromatic nitrogens is 3. The standard InChI is InChI=1S/C24H25F3N6O3/c1-15-5-8-18(28-13-15)14-33-20-16(2)32(12-4-11-29-35)23(34)31(3)21(20)30-22(33)36-19-9-6-17(7-10-19)24(25,26)27/h5-10,13,16H,4,11-12,14H2,1-3H3. The average Bonchev–Trinajstić information content (AvgIpc) is 3.19. The number of carbonyl (C=O) groups excluding carboxylic acids is 1. The van der Waals surface area contributed by atoms with Gasteiger partial charge in [0.15, 0.2) is 5.82 Å². The second-order valence-electron chi connectivity index (χ2n) is 8.56. The van der Waals surface area contributed by atoms with Crippen LogP contribution in [0.2, 0.25) is 0 Å². The summed E-state index contributed by atoms with van der Waals surface area (Å²) in [4.78, 5) is 35.6. The molecule has 0 spiro atoms. The van der Waals surface area contributed by atoms with Crippen LogP contribution in [0.15, 0.2) is 47.8 Å². The smallest absolute Gasteiger partial charge is 0.416 e. The number of fused-ring (bicyclic) bond motifs is 1. The second-order valence-corrected chi connectivity index (χ2v) is 8.56. The fourth-order valence-electron chi connectivity index (χ4n) is 4.08. The van der Waals surface area contributed by atoms with Crippen molar-refractivity contribution >= 4 is 11.8 Å². The zero-order valence-electron chi connectivity index (χ0n) is 20.0. The number of pyridine rings is 1. The maximum absolute atomic E-state index is 13.0. The van der Waals surface area contributed by atoms with Crippen LogP contribution in [0.25, 0.3) is 0 Å². The summed E-state index contributed by atoms with van der Waals surface area (Å²) < 4.78 is 46.6. The third kappa shape index (κ3) is 5.02. The highest BCUT2D eigenvalue weighted by molar-refractivity contribution is 5.93. The van der Waals surface area contributed by atoms with Crippen molar-refractivity contribution in [2.24, 2.45) is 5.18 Å². The summed E-state index contributed by atoms with van der Waals surface area (Å²) in [7, 11) is 1.58. The van der Waals surface area contributed by atoms with Crippen LogP contribution in [-0.2, 0) is 12.7 Å². The number of ether oxygens (including phenoxy) is 1. The van der Waals surface area contributed by atoms with Crippen molar-refractivity contribution in [3.63, 3.8) is 0 Å². The van der Waals surface area contributed by atoms with E-state index in [9.17, 15) is 22.9 Å². The van der Waals surface area contributed by atoms with Gasteiger partial charge in [0.1, 0.15) is 5.75 Å². The van der Waals surface area contributed by atoms with Gasteiger partial charge in [-0.15, -0.1) is 0 Å². The first-order valence-electron chi connectivity index (χ1n) is 11.3. The molecule has 9 nitrogen and oxygen atoms in total. The van der Waals surface area contributed by atoms with Gasteiger partial charge in [0.2, 0.25) is 0 Å². The van der Waals surface area contributed by atoms with Gasteiger partial charge >= 0.3 is 18.2 Å². The number of rotatable bonds is 8. The van der Waals surface area contributed by atoms with Crippen LogP contribution in [-0.4, -0.2) is 45.6 Å². The Kier molecular flexibility index (Phi) is 6.95. The van der Waals surface area contributed by atoms with Crippen LogP contribution in [0.4, 0.5) is 23.8 Å². The van der Waals surface area contributed by atoms with Crippen LogP contribution in [0.5, 0.6) is 11.8 Å². The minimum Gasteiger partial charge on any atom is -0.425 e. The molecule has 1 atom stereocenters. The third-order valence-corrected chi connectivity index (χ3v) is 6.00. The number of amides is 2. The first-order valence-corrected chi connectivity index (χ1v) is 11.3. The number of hydrogen-bond acceptors (Lipinski definition) is 6. The van der Waals surface area contributed by atoms with E-state index >= 15 is 0 Å². The number of imidazole rings is 1. The van der Waals surface area contributed by atoms with E-state index in [1.54, 1.807) is 22.7 Å². The molecule has 1 aliphatic heterocycles. The van der Waals surface area contributed by atoms with Crippen molar-refractivity contribution in [3.05, 3.63) is 70.0 Å². The Bertz CT molecular complexity index is 1240. The zero-order chi connectivity index (χ0) is 26.0. The van der Waals surface area contributed by atoms with Crippen LogP contribution in [0, 0.1) is 11.8 Å². The number of anilines is 1. The molecule has 12 heteroatoms. The molecule has 1 aromatic carbocycles. The minimum absolute atomic E-state index is 0.0852. The molecule has 0 saturated heterocycles. The second kappa shape index (κ2) is 9.96. The molecule has 0 radical (unpaired) electrons. The predicted octanol–water partition coefficient (Wildman–Crippen LogP) is 5.54. The Morgan fingerprint density at radius 1 is 1.14 bits per heavy atom. The maximum Gasteiger partial charge on any atom is 0.416 e. The number of aryl methyl sites for hydroxylation is 1.